The maximum atomic E-state index is 9.44. The van der Waals surface area contributed by atoms with Crippen LogP contribution < -0.4 is 0 Å². The molecule has 0 aliphatic heterocycles. The predicted molar refractivity (Wildman–Crippen MR) is 74.5 cm³/mol. The second-order valence-corrected chi connectivity index (χ2v) is 4.98. The maximum absolute atomic E-state index is 9.44. The van der Waals surface area contributed by atoms with Crippen molar-refractivity contribution in [2.24, 2.45) is 0 Å². The first-order valence-electron chi connectivity index (χ1n) is 7.02. The average molecular weight is 234 g/mol. The fourth-order valence-corrected chi connectivity index (χ4v) is 2.20. The lowest BCUT2D eigenvalue weighted by Crippen LogP contribution is -1.90. The van der Waals surface area contributed by atoms with Crippen molar-refractivity contribution in [3.05, 3.63) is 29.3 Å². The van der Waals surface area contributed by atoms with Crippen LogP contribution in [-0.4, -0.2) is 5.11 Å². The van der Waals surface area contributed by atoms with Crippen molar-refractivity contribution in [2.45, 2.75) is 65.2 Å². The van der Waals surface area contributed by atoms with Crippen LogP contribution in [0.25, 0.3) is 0 Å². The Morgan fingerprint density at radius 3 is 2.29 bits per heavy atom. The number of hydrogen-bond donors (Lipinski definition) is 1. The molecule has 0 heterocycles. The van der Waals surface area contributed by atoms with Crippen LogP contribution >= 0.6 is 0 Å². The molecular weight excluding hydrogens is 208 g/mol. The van der Waals surface area contributed by atoms with Crippen molar-refractivity contribution >= 4 is 0 Å². The molecule has 1 N–H and O–H groups in total. The number of phenols is 1. The zero-order chi connectivity index (χ0) is 12.5. The molecule has 0 saturated carbocycles. The molecule has 0 radical (unpaired) electrons. The summed E-state index contributed by atoms with van der Waals surface area (Å²) in [7, 11) is 0. The van der Waals surface area contributed by atoms with Gasteiger partial charge in [-0.1, -0.05) is 51.5 Å². The van der Waals surface area contributed by atoms with Gasteiger partial charge in [0.25, 0.3) is 0 Å². The van der Waals surface area contributed by atoms with Crippen molar-refractivity contribution in [2.75, 3.05) is 0 Å². The molecule has 0 spiro atoms. The molecule has 0 atom stereocenters. The highest BCUT2D eigenvalue weighted by Crippen LogP contribution is 2.18. The number of hydrogen-bond acceptors (Lipinski definition) is 1. The van der Waals surface area contributed by atoms with Gasteiger partial charge in [-0.05, 0) is 43.0 Å². The maximum Gasteiger partial charge on any atom is 0.115 e. The molecular formula is C16H26O. The van der Waals surface area contributed by atoms with Crippen molar-refractivity contribution in [3.63, 3.8) is 0 Å². The molecule has 1 heteroatoms. The quantitative estimate of drug-likeness (QED) is 0.628. The van der Waals surface area contributed by atoms with Gasteiger partial charge in [0, 0.05) is 0 Å². The summed E-state index contributed by atoms with van der Waals surface area (Å²) in [5.41, 5.74) is 2.60. The Labute approximate surface area is 106 Å². The molecule has 0 saturated heterocycles. The summed E-state index contributed by atoms with van der Waals surface area (Å²) < 4.78 is 0. The number of aromatic hydroxyl groups is 1. The Morgan fingerprint density at radius 1 is 0.941 bits per heavy atom. The topological polar surface area (TPSA) is 20.2 Å². The van der Waals surface area contributed by atoms with Gasteiger partial charge in [-0.2, -0.15) is 0 Å². The van der Waals surface area contributed by atoms with Crippen LogP contribution in [-0.2, 0) is 6.42 Å². The zero-order valence-corrected chi connectivity index (χ0v) is 11.3. The number of benzene rings is 1. The second kappa shape index (κ2) is 8.16. The largest absolute Gasteiger partial charge is 0.508 e. The van der Waals surface area contributed by atoms with Gasteiger partial charge in [-0.3, -0.25) is 0 Å². The number of aryl methyl sites for hydroxylation is 2. The molecule has 17 heavy (non-hydrogen) atoms. The van der Waals surface area contributed by atoms with E-state index in [-0.39, 0.29) is 0 Å². The van der Waals surface area contributed by atoms with Crippen LogP contribution in [0.5, 0.6) is 5.75 Å². The first-order valence-corrected chi connectivity index (χ1v) is 7.02. The molecule has 96 valence electrons. The summed E-state index contributed by atoms with van der Waals surface area (Å²) >= 11 is 0. The van der Waals surface area contributed by atoms with E-state index in [0.717, 1.165) is 6.42 Å². The third-order valence-electron chi connectivity index (χ3n) is 3.38. The number of unbranched alkanes of at least 4 members (excludes halogenated alkanes) is 6. The van der Waals surface area contributed by atoms with E-state index in [2.05, 4.69) is 13.8 Å². The van der Waals surface area contributed by atoms with Crippen LogP contribution in [0.2, 0.25) is 0 Å². The third kappa shape index (κ3) is 5.76. The minimum atomic E-state index is 0.397. The van der Waals surface area contributed by atoms with Crippen molar-refractivity contribution < 1.29 is 5.11 Å². The van der Waals surface area contributed by atoms with Gasteiger partial charge in [0.05, 0.1) is 0 Å². The van der Waals surface area contributed by atoms with E-state index in [1.807, 2.05) is 12.1 Å². The van der Waals surface area contributed by atoms with E-state index in [1.54, 1.807) is 6.07 Å². The van der Waals surface area contributed by atoms with Gasteiger partial charge in [-0.25, -0.2) is 0 Å². The van der Waals surface area contributed by atoms with Crippen molar-refractivity contribution in [3.8, 4) is 5.75 Å². The van der Waals surface area contributed by atoms with Crippen LogP contribution in [0, 0.1) is 6.92 Å². The summed E-state index contributed by atoms with van der Waals surface area (Å²) in [6.07, 6.45) is 10.5. The van der Waals surface area contributed by atoms with Gasteiger partial charge in [-0.15, -0.1) is 0 Å². The molecule has 0 unspecified atom stereocenters. The van der Waals surface area contributed by atoms with Gasteiger partial charge in [0.15, 0.2) is 0 Å². The molecule has 1 nitrogen and oxygen atoms in total. The van der Waals surface area contributed by atoms with Crippen molar-refractivity contribution in [1.82, 2.24) is 0 Å². The molecule has 0 aliphatic rings. The van der Waals surface area contributed by atoms with Gasteiger partial charge >= 0.3 is 0 Å². The average Bonchev–Trinajstić information content (AvgIpc) is 2.32. The van der Waals surface area contributed by atoms with Crippen LogP contribution in [0.4, 0.5) is 0 Å². The highest BCUT2D eigenvalue weighted by molar-refractivity contribution is 5.33. The van der Waals surface area contributed by atoms with Gasteiger partial charge < -0.3 is 5.11 Å². The fourth-order valence-electron chi connectivity index (χ4n) is 2.20. The first-order chi connectivity index (χ1) is 8.24. The van der Waals surface area contributed by atoms with E-state index < -0.39 is 0 Å². The zero-order valence-electron chi connectivity index (χ0n) is 11.3. The number of phenolic OH excluding ortho intramolecular Hbond substituents is 1. The number of rotatable bonds is 8. The molecule has 1 aromatic carbocycles. The fraction of sp³-hybridized carbons (Fsp3) is 0.625. The minimum Gasteiger partial charge on any atom is -0.508 e. The van der Waals surface area contributed by atoms with E-state index in [9.17, 15) is 5.11 Å². The lowest BCUT2D eigenvalue weighted by Gasteiger charge is -2.06. The molecule has 1 aromatic rings. The Morgan fingerprint density at radius 2 is 1.59 bits per heavy atom. The first kappa shape index (κ1) is 14.1. The summed E-state index contributed by atoms with van der Waals surface area (Å²) in [4.78, 5) is 0. The Hall–Kier alpha value is -0.980. The lowest BCUT2D eigenvalue weighted by molar-refractivity contribution is 0.474. The van der Waals surface area contributed by atoms with Gasteiger partial charge in [0.2, 0.25) is 0 Å². The third-order valence-corrected chi connectivity index (χ3v) is 3.38. The molecule has 0 aromatic heterocycles. The molecule has 0 aliphatic carbocycles. The highest BCUT2D eigenvalue weighted by atomic mass is 16.3. The standard InChI is InChI=1S/C16H26O/c1-3-4-5-6-7-8-9-10-15-13-16(17)12-11-14(15)2/h11-13,17H,3-10H2,1-2H3. The molecule has 0 amide bonds. The summed E-state index contributed by atoms with van der Waals surface area (Å²) in [5.74, 6) is 0.397. The summed E-state index contributed by atoms with van der Waals surface area (Å²) in [6.45, 7) is 4.38. The van der Waals surface area contributed by atoms with E-state index in [4.69, 9.17) is 0 Å². The van der Waals surface area contributed by atoms with E-state index in [0.29, 0.717) is 5.75 Å². The van der Waals surface area contributed by atoms with Crippen LogP contribution in [0.3, 0.4) is 0 Å². The van der Waals surface area contributed by atoms with E-state index in [1.165, 1.54) is 56.1 Å². The smallest absolute Gasteiger partial charge is 0.115 e. The molecule has 0 fully saturated rings. The minimum absolute atomic E-state index is 0.397. The molecule has 0 bridgehead atoms. The SMILES string of the molecule is CCCCCCCCCc1cc(O)ccc1C. The van der Waals surface area contributed by atoms with E-state index >= 15 is 0 Å². The Bertz CT molecular complexity index is 317. The predicted octanol–water partition coefficient (Wildman–Crippen LogP) is 4.99. The molecule has 1 rings (SSSR count). The normalized spacial score (nSPS) is 10.7. The van der Waals surface area contributed by atoms with Crippen LogP contribution in [0.1, 0.15) is 63.0 Å². The Kier molecular flexibility index (Phi) is 6.76. The van der Waals surface area contributed by atoms with Crippen molar-refractivity contribution in [1.29, 1.82) is 0 Å². The summed E-state index contributed by atoms with van der Waals surface area (Å²) in [5, 5.41) is 9.44. The summed E-state index contributed by atoms with van der Waals surface area (Å²) in [6, 6.07) is 5.68. The van der Waals surface area contributed by atoms with Gasteiger partial charge in [0.1, 0.15) is 5.75 Å². The highest BCUT2D eigenvalue weighted by Gasteiger charge is 1.99. The second-order valence-electron chi connectivity index (χ2n) is 4.98. The monoisotopic (exact) mass is 234 g/mol. The Balaban J connectivity index is 2.15. The lowest BCUT2D eigenvalue weighted by atomic mass is 10.0. The van der Waals surface area contributed by atoms with Crippen LogP contribution in [0.15, 0.2) is 18.2 Å².